The molecule has 6 heteroatoms. The normalized spacial score (nSPS) is 11.7. The number of hydrogen-bond donors (Lipinski definition) is 0. The molecule has 0 unspecified atom stereocenters. The Bertz CT molecular complexity index is 3700. The van der Waals surface area contributed by atoms with Gasteiger partial charge in [-0.15, -0.1) is 11.3 Å². The van der Waals surface area contributed by atoms with Crippen molar-refractivity contribution in [2.45, 2.75) is 0 Å². The van der Waals surface area contributed by atoms with E-state index in [2.05, 4.69) is 155 Å². The number of aromatic nitrogens is 4. The van der Waals surface area contributed by atoms with Gasteiger partial charge in [-0.25, -0.2) is 9.97 Å². The maximum Gasteiger partial charge on any atom is 0.235 e. The lowest BCUT2D eigenvalue weighted by molar-refractivity contribution is 0.995. The van der Waals surface area contributed by atoms with Crippen molar-refractivity contribution < 1.29 is 0 Å². The third-order valence-electron chi connectivity index (χ3n) is 11.6. The number of hydrogen-bond acceptors (Lipinski definition) is 4. The van der Waals surface area contributed by atoms with E-state index in [-0.39, 0.29) is 0 Å². The number of fused-ring (bicyclic) bond motifs is 9. The van der Waals surface area contributed by atoms with Crippen molar-refractivity contribution in [1.29, 1.82) is 5.26 Å². The number of thiophene rings is 1. The molecule has 0 spiro atoms. The third-order valence-corrected chi connectivity index (χ3v) is 12.7. The molecule has 0 atom stereocenters. The van der Waals surface area contributed by atoms with Crippen LogP contribution >= 0.6 is 11.3 Å². The van der Waals surface area contributed by atoms with Crippen LogP contribution in [0.1, 0.15) is 5.56 Å². The maximum atomic E-state index is 9.74. The van der Waals surface area contributed by atoms with E-state index < -0.39 is 0 Å². The molecule has 59 heavy (non-hydrogen) atoms. The van der Waals surface area contributed by atoms with Crippen molar-refractivity contribution in [1.82, 2.24) is 19.1 Å². The summed E-state index contributed by atoms with van der Waals surface area (Å²) in [6.07, 6.45) is 0. The summed E-state index contributed by atoms with van der Waals surface area (Å²) < 4.78 is 7.20. The summed E-state index contributed by atoms with van der Waals surface area (Å²) in [5, 5.41) is 17.0. The van der Waals surface area contributed by atoms with E-state index in [4.69, 9.17) is 9.97 Å². The average molecular weight is 770 g/mol. The number of nitriles is 1. The van der Waals surface area contributed by atoms with Gasteiger partial charge in [0.25, 0.3) is 0 Å². The molecule has 0 aliphatic heterocycles. The Hall–Kier alpha value is -7.85. The summed E-state index contributed by atoms with van der Waals surface area (Å²) in [5.74, 6) is 0.570. The smallest absolute Gasteiger partial charge is 0.235 e. The van der Waals surface area contributed by atoms with Crippen LogP contribution in [-0.4, -0.2) is 19.1 Å². The van der Waals surface area contributed by atoms with Gasteiger partial charge in [0.15, 0.2) is 0 Å². The second-order valence-electron chi connectivity index (χ2n) is 14.9. The zero-order valence-electron chi connectivity index (χ0n) is 31.5. The van der Waals surface area contributed by atoms with E-state index in [1.54, 1.807) is 0 Å². The number of para-hydroxylation sites is 2. The summed E-state index contributed by atoms with van der Waals surface area (Å²) >= 11 is 1.85. The molecule has 0 N–H and O–H groups in total. The van der Waals surface area contributed by atoms with Crippen molar-refractivity contribution in [3.05, 3.63) is 194 Å². The highest BCUT2D eigenvalue weighted by molar-refractivity contribution is 7.25. The maximum absolute atomic E-state index is 9.74. The first-order valence-electron chi connectivity index (χ1n) is 19.6. The van der Waals surface area contributed by atoms with Crippen LogP contribution in [0.5, 0.6) is 0 Å². The fourth-order valence-corrected chi connectivity index (χ4v) is 9.92. The Morgan fingerprint density at radius 3 is 1.85 bits per heavy atom. The van der Waals surface area contributed by atoms with Crippen LogP contribution < -0.4 is 0 Å². The predicted molar refractivity (Wildman–Crippen MR) is 245 cm³/mol. The number of rotatable bonds is 5. The fraction of sp³-hybridized carbons (Fsp3) is 0. The van der Waals surface area contributed by atoms with E-state index in [9.17, 15) is 5.26 Å². The first-order chi connectivity index (χ1) is 29.2. The summed E-state index contributed by atoms with van der Waals surface area (Å²) in [6, 6.07) is 68.5. The lowest BCUT2D eigenvalue weighted by Crippen LogP contribution is -2.04. The zero-order chi connectivity index (χ0) is 39.0. The summed E-state index contributed by atoms with van der Waals surface area (Å²) in [6.45, 7) is 0. The molecule has 8 aromatic carbocycles. The topological polar surface area (TPSA) is 59.4 Å². The Balaban J connectivity index is 1.05. The third kappa shape index (κ3) is 5.30. The van der Waals surface area contributed by atoms with Crippen LogP contribution in [-0.2, 0) is 0 Å². The molecule has 0 amide bonds. The monoisotopic (exact) mass is 769 g/mol. The molecule has 5 nitrogen and oxygen atoms in total. The lowest BCUT2D eigenvalue weighted by Gasteiger charge is -2.12. The Kier molecular flexibility index (Phi) is 7.40. The van der Waals surface area contributed by atoms with E-state index in [0.29, 0.717) is 11.5 Å². The quantitative estimate of drug-likeness (QED) is 0.175. The summed E-state index contributed by atoms with van der Waals surface area (Å²) in [7, 11) is 0. The van der Waals surface area contributed by atoms with Crippen LogP contribution in [0.4, 0.5) is 0 Å². The lowest BCUT2D eigenvalue weighted by atomic mass is 10.0. The van der Waals surface area contributed by atoms with Crippen molar-refractivity contribution >= 4 is 75.1 Å². The highest BCUT2D eigenvalue weighted by atomic mass is 32.1. The highest BCUT2D eigenvalue weighted by Crippen LogP contribution is 2.40. The molecular formula is C53H31N5S. The van der Waals surface area contributed by atoms with Crippen LogP contribution in [0.15, 0.2) is 188 Å². The molecule has 4 heterocycles. The van der Waals surface area contributed by atoms with Crippen LogP contribution in [0, 0.1) is 11.3 Å². The van der Waals surface area contributed by atoms with Gasteiger partial charge in [0.1, 0.15) is 0 Å². The molecule has 0 saturated carbocycles. The standard InChI is InChI=1S/C53H31N5S/c54-32-33-11-10-14-37(27-33)46-31-45(34-12-2-1-3-13-34)55-53(56-46)58-48-19-8-4-15-39(48)41-24-21-36(29-50(41)58)35-22-25-49-43(28-35)40-16-5-7-18-47(40)57(49)38-23-26-52-44(30-38)42-17-6-9-20-51(42)59-52/h1-31H. The van der Waals surface area contributed by atoms with E-state index in [1.807, 2.05) is 59.9 Å². The van der Waals surface area contributed by atoms with Crippen molar-refractivity contribution in [3.63, 3.8) is 0 Å². The number of benzene rings is 8. The van der Waals surface area contributed by atoms with Gasteiger partial charge in [0.2, 0.25) is 5.95 Å². The minimum Gasteiger partial charge on any atom is -0.309 e. The molecule has 0 aliphatic carbocycles. The minimum atomic E-state index is 0.570. The van der Waals surface area contributed by atoms with Gasteiger partial charge in [-0.05, 0) is 83.9 Å². The highest BCUT2D eigenvalue weighted by Gasteiger charge is 2.19. The molecule has 0 saturated heterocycles. The van der Waals surface area contributed by atoms with Gasteiger partial charge in [-0.3, -0.25) is 4.57 Å². The van der Waals surface area contributed by atoms with Gasteiger partial charge >= 0.3 is 0 Å². The predicted octanol–water partition coefficient (Wildman–Crippen LogP) is 13.9. The minimum absolute atomic E-state index is 0.570. The molecule has 4 aromatic heterocycles. The van der Waals surface area contributed by atoms with Crippen molar-refractivity contribution in [2.24, 2.45) is 0 Å². The Morgan fingerprint density at radius 2 is 1.02 bits per heavy atom. The second-order valence-corrected chi connectivity index (χ2v) is 16.0. The van der Waals surface area contributed by atoms with Gasteiger partial charge in [-0.1, -0.05) is 115 Å². The fourth-order valence-electron chi connectivity index (χ4n) is 8.84. The Morgan fingerprint density at radius 1 is 0.390 bits per heavy atom. The number of nitrogens with zero attached hydrogens (tertiary/aromatic N) is 5. The molecule has 0 aliphatic rings. The van der Waals surface area contributed by atoms with Crippen molar-refractivity contribution in [3.8, 4) is 51.3 Å². The molecule has 12 rings (SSSR count). The molecule has 0 fully saturated rings. The molecule has 0 bridgehead atoms. The summed E-state index contributed by atoms with van der Waals surface area (Å²) in [5.41, 5.74) is 11.8. The SMILES string of the molecule is N#Cc1cccc(-c2cc(-c3ccccc3)nc(-n3c4ccccc4c4ccc(-c5ccc6c(c5)c5ccccc5n6-c5ccc6sc7ccccc7c6c5)cc43)n2)c1. The summed E-state index contributed by atoms with van der Waals surface area (Å²) in [4.78, 5) is 10.5. The van der Waals surface area contributed by atoms with Crippen molar-refractivity contribution in [2.75, 3.05) is 0 Å². The average Bonchev–Trinajstić information content (AvgIpc) is 3.96. The molecule has 0 radical (unpaired) electrons. The van der Waals surface area contributed by atoms with E-state index in [0.717, 1.165) is 61.1 Å². The van der Waals surface area contributed by atoms with Crippen LogP contribution in [0.25, 0.3) is 109 Å². The van der Waals surface area contributed by atoms with E-state index in [1.165, 1.54) is 42.0 Å². The van der Waals surface area contributed by atoms with Gasteiger partial charge in [-0.2, -0.15) is 5.26 Å². The van der Waals surface area contributed by atoms with Gasteiger partial charge in [0, 0.05) is 58.5 Å². The van der Waals surface area contributed by atoms with Crippen LogP contribution in [0.2, 0.25) is 0 Å². The van der Waals surface area contributed by atoms with Crippen LogP contribution in [0.3, 0.4) is 0 Å². The van der Waals surface area contributed by atoms with Gasteiger partial charge < -0.3 is 4.57 Å². The zero-order valence-corrected chi connectivity index (χ0v) is 32.4. The second kappa shape index (κ2) is 13.1. The van der Waals surface area contributed by atoms with E-state index >= 15 is 0 Å². The molecule has 12 aromatic rings. The van der Waals surface area contributed by atoms with Gasteiger partial charge in [0.05, 0.1) is 45.1 Å². The molecule has 274 valence electrons. The first-order valence-corrected chi connectivity index (χ1v) is 20.4. The largest absolute Gasteiger partial charge is 0.309 e. The Labute approximate surface area is 342 Å². The first kappa shape index (κ1) is 33.3. The molecular weight excluding hydrogens is 739 g/mol.